The van der Waals surface area contributed by atoms with E-state index in [0.717, 1.165) is 24.8 Å². The minimum atomic E-state index is -0.663. The fraction of sp³-hybridized carbons (Fsp3) is 0.533. The maximum atomic E-state index is 12.0. The highest BCUT2D eigenvalue weighted by atomic mass is 16.5. The van der Waals surface area contributed by atoms with Crippen LogP contribution in [-0.2, 0) is 9.53 Å². The highest BCUT2D eigenvalue weighted by Crippen LogP contribution is 2.26. The van der Waals surface area contributed by atoms with E-state index in [9.17, 15) is 4.79 Å². The summed E-state index contributed by atoms with van der Waals surface area (Å²) in [5.41, 5.74) is 6.73. The summed E-state index contributed by atoms with van der Waals surface area (Å²) >= 11 is 0. The second kappa shape index (κ2) is 6.01. The third-order valence-corrected chi connectivity index (χ3v) is 3.58. The van der Waals surface area contributed by atoms with Gasteiger partial charge in [-0.05, 0) is 30.7 Å². The van der Waals surface area contributed by atoms with Crippen molar-refractivity contribution in [2.24, 2.45) is 11.7 Å². The van der Waals surface area contributed by atoms with Gasteiger partial charge in [0.2, 0.25) is 0 Å². The number of benzene rings is 1. The van der Waals surface area contributed by atoms with Crippen molar-refractivity contribution in [2.45, 2.75) is 44.8 Å². The van der Waals surface area contributed by atoms with Gasteiger partial charge in [-0.25, -0.2) is 4.79 Å². The van der Waals surface area contributed by atoms with Crippen LogP contribution in [-0.4, -0.2) is 12.1 Å². The van der Waals surface area contributed by atoms with Gasteiger partial charge in [0, 0.05) is 0 Å². The molecule has 1 aliphatic rings. The van der Waals surface area contributed by atoms with E-state index in [1.807, 2.05) is 30.3 Å². The Labute approximate surface area is 108 Å². The number of esters is 1. The van der Waals surface area contributed by atoms with E-state index >= 15 is 0 Å². The number of carbonyl (C=O) groups is 1. The largest absolute Gasteiger partial charge is 0.461 e. The molecule has 1 saturated carbocycles. The molecule has 2 unspecified atom stereocenters. The number of carbonyl (C=O) groups excluding carboxylic acids is 1. The topological polar surface area (TPSA) is 52.3 Å². The first-order chi connectivity index (χ1) is 8.66. The Morgan fingerprint density at radius 2 is 2.06 bits per heavy atom. The molecule has 18 heavy (non-hydrogen) atoms. The minimum absolute atomic E-state index is 0.0519. The summed E-state index contributed by atoms with van der Waals surface area (Å²) in [7, 11) is 0. The Kier molecular flexibility index (Phi) is 4.37. The molecule has 0 amide bonds. The standard InChI is InChI=1S/C15H21NO2/c1-11-6-5-9-13(10-11)18-15(17)14(16)12-7-3-2-4-8-12/h2-4,7-8,11,13-14H,5-6,9-10,16H2,1H3/t11?,13?,14-/m1/s1. The lowest BCUT2D eigenvalue weighted by atomic mass is 9.88. The lowest BCUT2D eigenvalue weighted by Gasteiger charge is -2.27. The van der Waals surface area contributed by atoms with Gasteiger partial charge < -0.3 is 10.5 Å². The zero-order valence-corrected chi connectivity index (χ0v) is 10.8. The third kappa shape index (κ3) is 3.33. The molecule has 0 radical (unpaired) electrons. The summed E-state index contributed by atoms with van der Waals surface area (Å²) in [4.78, 5) is 12.0. The summed E-state index contributed by atoms with van der Waals surface area (Å²) < 4.78 is 5.51. The number of hydrogen-bond acceptors (Lipinski definition) is 3. The van der Waals surface area contributed by atoms with Crippen molar-refractivity contribution < 1.29 is 9.53 Å². The maximum absolute atomic E-state index is 12.0. The molecule has 0 saturated heterocycles. The van der Waals surface area contributed by atoms with Crippen LogP contribution in [0.3, 0.4) is 0 Å². The average molecular weight is 247 g/mol. The van der Waals surface area contributed by atoms with Crippen molar-refractivity contribution in [3.8, 4) is 0 Å². The minimum Gasteiger partial charge on any atom is -0.461 e. The molecule has 3 atom stereocenters. The van der Waals surface area contributed by atoms with Gasteiger partial charge in [0.05, 0.1) is 0 Å². The van der Waals surface area contributed by atoms with Crippen LogP contribution in [0.2, 0.25) is 0 Å². The molecule has 1 fully saturated rings. The van der Waals surface area contributed by atoms with Crippen LogP contribution >= 0.6 is 0 Å². The summed E-state index contributed by atoms with van der Waals surface area (Å²) in [6.07, 6.45) is 4.36. The van der Waals surface area contributed by atoms with Crippen LogP contribution in [0.4, 0.5) is 0 Å². The van der Waals surface area contributed by atoms with Crippen LogP contribution in [0, 0.1) is 5.92 Å². The van der Waals surface area contributed by atoms with Gasteiger partial charge in [0.1, 0.15) is 12.1 Å². The highest BCUT2D eigenvalue weighted by molar-refractivity contribution is 5.77. The Morgan fingerprint density at radius 1 is 1.33 bits per heavy atom. The molecule has 0 bridgehead atoms. The van der Waals surface area contributed by atoms with Gasteiger partial charge in [0.15, 0.2) is 0 Å². The molecule has 1 aliphatic carbocycles. The van der Waals surface area contributed by atoms with Crippen LogP contribution < -0.4 is 5.73 Å². The van der Waals surface area contributed by atoms with Crippen LogP contribution in [0.15, 0.2) is 30.3 Å². The quantitative estimate of drug-likeness (QED) is 0.836. The van der Waals surface area contributed by atoms with Crippen molar-refractivity contribution in [2.75, 3.05) is 0 Å². The van der Waals surface area contributed by atoms with Crippen molar-refractivity contribution in [1.29, 1.82) is 0 Å². The monoisotopic (exact) mass is 247 g/mol. The molecule has 0 spiro atoms. The van der Waals surface area contributed by atoms with E-state index in [4.69, 9.17) is 10.5 Å². The normalized spacial score (nSPS) is 25.4. The molecular formula is C15H21NO2. The zero-order chi connectivity index (χ0) is 13.0. The fourth-order valence-corrected chi connectivity index (χ4v) is 2.52. The van der Waals surface area contributed by atoms with E-state index in [2.05, 4.69) is 6.92 Å². The van der Waals surface area contributed by atoms with Gasteiger partial charge in [-0.1, -0.05) is 43.7 Å². The summed E-state index contributed by atoms with van der Waals surface area (Å²) in [6, 6.07) is 8.72. The van der Waals surface area contributed by atoms with Gasteiger partial charge in [-0.15, -0.1) is 0 Å². The molecule has 3 nitrogen and oxygen atoms in total. The van der Waals surface area contributed by atoms with Gasteiger partial charge in [-0.3, -0.25) is 0 Å². The van der Waals surface area contributed by atoms with Crippen LogP contribution in [0.25, 0.3) is 0 Å². The highest BCUT2D eigenvalue weighted by Gasteiger charge is 2.25. The second-order valence-corrected chi connectivity index (χ2v) is 5.22. The number of nitrogens with two attached hydrogens (primary N) is 1. The van der Waals surface area contributed by atoms with E-state index < -0.39 is 6.04 Å². The van der Waals surface area contributed by atoms with Gasteiger partial charge in [0.25, 0.3) is 0 Å². The van der Waals surface area contributed by atoms with Crippen LogP contribution in [0.1, 0.15) is 44.2 Å². The SMILES string of the molecule is CC1CCCC(OC(=O)[C@H](N)c2ccccc2)C1. The Hall–Kier alpha value is -1.35. The van der Waals surface area contributed by atoms with Crippen molar-refractivity contribution in [1.82, 2.24) is 0 Å². The summed E-state index contributed by atoms with van der Waals surface area (Å²) in [5.74, 6) is 0.338. The molecule has 1 aromatic rings. The average Bonchev–Trinajstić information content (AvgIpc) is 2.39. The first-order valence-electron chi connectivity index (χ1n) is 6.68. The van der Waals surface area contributed by atoms with E-state index in [1.54, 1.807) is 0 Å². The van der Waals surface area contributed by atoms with E-state index in [0.29, 0.717) is 5.92 Å². The van der Waals surface area contributed by atoms with E-state index in [1.165, 1.54) is 6.42 Å². The van der Waals surface area contributed by atoms with Crippen molar-refractivity contribution in [3.05, 3.63) is 35.9 Å². The molecule has 3 heteroatoms. The Bertz CT molecular complexity index is 391. The number of rotatable bonds is 3. The zero-order valence-electron chi connectivity index (χ0n) is 10.8. The molecule has 2 N–H and O–H groups in total. The van der Waals surface area contributed by atoms with Crippen molar-refractivity contribution in [3.63, 3.8) is 0 Å². The first kappa shape index (κ1) is 13.1. The number of hydrogen-bond donors (Lipinski definition) is 1. The lowest BCUT2D eigenvalue weighted by Crippen LogP contribution is -2.30. The van der Waals surface area contributed by atoms with Gasteiger partial charge >= 0.3 is 5.97 Å². The number of ether oxygens (including phenoxy) is 1. The second-order valence-electron chi connectivity index (χ2n) is 5.22. The first-order valence-corrected chi connectivity index (χ1v) is 6.68. The smallest absolute Gasteiger partial charge is 0.327 e. The summed E-state index contributed by atoms with van der Waals surface area (Å²) in [6.45, 7) is 2.21. The molecule has 2 rings (SSSR count). The van der Waals surface area contributed by atoms with Crippen molar-refractivity contribution >= 4 is 5.97 Å². The molecule has 0 aliphatic heterocycles. The molecule has 0 heterocycles. The molecule has 0 aromatic heterocycles. The lowest BCUT2D eigenvalue weighted by molar-refractivity contribution is -0.153. The Morgan fingerprint density at radius 3 is 2.72 bits per heavy atom. The van der Waals surface area contributed by atoms with E-state index in [-0.39, 0.29) is 12.1 Å². The van der Waals surface area contributed by atoms with Crippen LogP contribution in [0.5, 0.6) is 0 Å². The van der Waals surface area contributed by atoms with Gasteiger partial charge in [-0.2, -0.15) is 0 Å². The Balaban J connectivity index is 1.91. The summed E-state index contributed by atoms with van der Waals surface area (Å²) in [5, 5.41) is 0. The molecular weight excluding hydrogens is 226 g/mol. The third-order valence-electron chi connectivity index (χ3n) is 3.58. The fourth-order valence-electron chi connectivity index (χ4n) is 2.52. The predicted octanol–water partition coefficient (Wildman–Crippen LogP) is 2.81. The maximum Gasteiger partial charge on any atom is 0.327 e. The molecule has 98 valence electrons. The predicted molar refractivity (Wildman–Crippen MR) is 70.9 cm³/mol. The molecule has 1 aromatic carbocycles.